The molecule has 0 radical (unpaired) electrons. The Morgan fingerprint density at radius 1 is 0.931 bits per heavy atom. The van der Waals surface area contributed by atoms with Gasteiger partial charge in [0.25, 0.3) is 0 Å². The van der Waals surface area contributed by atoms with Crippen LogP contribution in [0.5, 0.6) is 0 Å². The van der Waals surface area contributed by atoms with Gasteiger partial charge in [0.05, 0.1) is 6.10 Å². The number of hydrogen-bond acceptors (Lipinski definition) is 1. The van der Waals surface area contributed by atoms with Crippen molar-refractivity contribution in [1.29, 1.82) is 0 Å². The second kappa shape index (κ2) is 8.31. The lowest BCUT2D eigenvalue weighted by Crippen LogP contribution is -2.58. The lowest BCUT2D eigenvalue weighted by molar-refractivity contribution is -0.126. The van der Waals surface area contributed by atoms with Crippen molar-refractivity contribution in [3.63, 3.8) is 0 Å². The molecule has 4 fully saturated rings. The Hall–Kier alpha value is 0.250. The molecule has 0 heterocycles. The molecular formula is C27H47ClO. The summed E-state index contributed by atoms with van der Waals surface area (Å²) < 4.78 is 0. The summed E-state index contributed by atoms with van der Waals surface area (Å²) in [5, 5.41) is 10.5. The molecular weight excluding hydrogens is 376 g/mol. The predicted molar refractivity (Wildman–Crippen MR) is 124 cm³/mol. The van der Waals surface area contributed by atoms with Crippen LogP contribution in [-0.2, 0) is 0 Å². The number of rotatable bonds is 5. The molecule has 29 heavy (non-hydrogen) atoms. The van der Waals surface area contributed by atoms with Crippen molar-refractivity contribution in [3.8, 4) is 0 Å². The van der Waals surface area contributed by atoms with Gasteiger partial charge in [0.2, 0.25) is 0 Å². The fraction of sp³-hybridized carbons (Fsp3) is 1.00. The Kier molecular flexibility index (Phi) is 6.43. The first-order valence-electron chi connectivity index (χ1n) is 13.0. The molecule has 1 N–H and O–H groups in total. The zero-order valence-electron chi connectivity index (χ0n) is 19.8. The minimum Gasteiger partial charge on any atom is -0.393 e. The van der Waals surface area contributed by atoms with Crippen molar-refractivity contribution in [2.24, 2.45) is 52.3 Å². The monoisotopic (exact) mass is 422 g/mol. The highest BCUT2D eigenvalue weighted by Crippen LogP contribution is 2.68. The molecule has 4 saturated carbocycles. The minimum absolute atomic E-state index is 0.163. The van der Waals surface area contributed by atoms with E-state index in [-0.39, 0.29) is 16.9 Å². The number of halogens is 1. The van der Waals surface area contributed by atoms with Crippen molar-refractivity contribution in [3.05, 3.63) is 0 Å². The number of aliphatic hydroxyl groups excluding tert-OH is 1. The van der Waals surface area contributed by atoms with E-state index < -0.39 is 0 Å². The van der Waals surface area contributed by atoms with Gasteiger partial charge in [-0.3, -0.25) is 0 Å². The quantitative estimate of drug-likeness (QED) is 0.450. The van der Waals surface area contributed by atoms with Crippen molar-refractivity contribution < 1.29 is 5.11 Å². The minimum atomic E-state index is -0.163. The lowest BCUT2D eigenvalue weighted by atomic mass is 9.44. The van der Waals surface area contributed by atoms with E-state index in [0.29, 0.717) is 11.3 Å². The standard InChI is InChI=1S/C27H47ClO/c1-17(2)7-6-8-18(3)22-11-12-23-21-10-9-19-15-20(29)16-25(28)27(19,5)24(21)13-14-26(22,23)4/h17-25,29H,6-16H2,1-5H3/t18-,19-,20+,21-,22-,23+,24+,25?,26-,27+/m1/s1. The summed E-state index contributed by atoms with van der Waals surface area (Å²) >= 11 is 7.03. The first kappa shape index (κ1) is 22.4. The molecule has 0 aromatic heterocycles. The summed E-state index contributed by atoms with van der Waals surface area (Å²) in [6, 6.07) is 0. The predicted octanol–water partition coefficient (Wildman–Crippen LogP) is 7.69. The summed E-state index contributed by atoms with van der Waals surface area (Å²) in [6.45, 7) is 12.5. The zero-order valence-corrected chi connectivity index (χ0v) is 20.6. The van der Waals surface area contributed by atoms with E-state index in [2.05, 4.69) is 34.6 Å². The fourth-order valence-electron chi connectivity index (χ4n) is 9.27. The average Bonchev–Trinajstić information content (AvgIpc) is 3.00. The van der Waals surface area contributed by atoms with Crippen LogP contribution < -0.4 is 0 Å². The number of aliphatic hydroxyl groups is 1. The third-order valence-electron chi connectivity index (χ3n) is 10.9. The molecule has 1 unspecified atom stereocenters. The van der Waals surface area contributed by atoms with Crippen LogP contribution in [0, 0.1) is 52.3 Å². The van der Waals surface area contributed by atoms with Gasteiger partial charge >= 0.3 is 0 Å². The number of alkyl halides is 1. The van der Waals surface area contributed by atoms with Gasteiger partial charge < -0.3 is 5.11 Å². The summed E-state index contributed by atoms with van der Waals surface area (Å²) in [7, 11) is 0. The maximum atomic E-state index is 10.3. The van der Waals surface area contributed by atoms with Crippen molar-refractivity contribution in [2.45, 2.75) is 117 Å². The highest BCUT2D eigenvalue weighted by atomic mass is 35.5. The Labute approximate surface area is 185 Å². The summed E-state index contributed by atoms with van der Waals surface area (Å²) in [5.41, 5.74) is 0.823. The first-order chi connectivity index (χ1) is 13.7. The van der Waals surface area contributed by atoms with E-state index in [9.17, 15) is 5.11 Å². The molecule has 0 aromatic carbocycles. The number of fused-ring (bicyclic) bond motifs is 5. The molecule has 0 bridgehead atoms. The summed E-state index contributed by atoms with van der Waals surface area (Å²) in [5.74, 6) is 5.92. The van der Waals surface area contributed by atoms with E-state index in [1.807, 2.05) is 0 Å². The highest BCUT2D eigenvalue weighted by molar-refractivity contribution is 6.21. The molecule has 4 aliphatic rings. The van der Waals surface area contributed by atoms with E-state index in [4.69, 9.17) is 11.6 Å². The maximum absolute atomic E-state index is 10.3. The third kappa shape index (κ3) is 3.73. The molecule has 1 nitrogen and oxygen atoms in total. The number of hydrogen-bond donors (Lipinski definition) is 1. The molecule has 4 rings (SSSR count). The van der Waals surface area contributed by atoms with Crippen LogP contribution >= 0.6 is 11.6 Å². The van der Waals surface area contributed by atoms with Gasteiger partial charge in [-0.05, 0) is 104 Å². The normalized spacial score (nSPS) is 50.7. The second-order valence-electron chi connectivity index (χ2n) is 12.6. The Balaban J connectivity index is 1.49. The van der Waals surface area contributed by atoms with Gasteiger partial charge in [-0.1, -0.05) is 53.9 Å². The molecule has 0 aromatic rings. The van der Waals surface area contributed by atoms with Gasteiger partial charge in [0, 0.05) is 5.38 Å². The SMILES string of the molecule is CC(C)CCC[C@@H](C)[C@H]1CC[C@H]2[C@H]3CC[C@@H]4C[C@H](O)CC(Cl)[C@]4(C)[C@H]3CC[C@]12C. The van der Waals surface area contributed by atoms with Gasteiger partial charge in [0.1, 0.15) is 0 Å². The van der Waals surface area contributed by atoms with E-state index in [1.54, 1.807) is 0 Å². The van der Waals surface area contributed by atoms with Crippen LogP contribution in [-0.4, -0.2) is 16.6 Å². The maximum Gasteiger partial charge on any atom is 0.0557 e. The largest absolute Gasteiger partial charge is 0.393 e. The summed E-state index contributed by atoms with van der Waals surface area (Å²) in [4.78, 5) is 0. The van der Waals surface area contributed by atoms with Gasteiger partial charge in [-0.25, -0.2) is 0 Å². The third-order valence-corrected chi connectivity index (χ3v) is 11.5. The van der Waals surface area contributed by atoms with Gasteiger partial charge in [-0.2, -0.15) is 0 Å². The molecule has 168 valence electrons. The smallest absolute Gasteiger partial charge is 0.0557 e. The van der Waals surface area contributed by atoms with E-state index >= 15 is 0 Å². The highest BCUT2D eigenvalue weighted by Gasteiger charge is 2.62. The zero-order chi connectivity index (χ0) is 21.0. The molecule has 0 spiro atoms. The Morgan fingerprint density at radius 2 is 1.69 bits per heavy atom. The fourth-order valence-corrected chi connectivity index (χ4v) is 9.82. The van der Waals surface area contributed by atoms with Crippen molar-refractivity contribution >= 4 is 11.6 Å². The molecule has 0 aliphatic heterocycles. The Morgan fingerprint density at radius 3 is 2.41 bits per heavy atom. The van der Waals surface area contributed by atoms with Crippen molar-refractivity contribution in [2.75, 3.05) is 0 Å². The molecule has 0 amide bonds. The van der Waals surface area contributed by atoms with Crippen LogP contribution in [0.4, 0.5) is 0 Å². The molecule has 10 atom stereocenters. The van der Waals surface area contributed by atoms with Crippen LogP contribution in [0.15, 0.2) is 0 Å². The molecule has 2 heteroatoms. The van der Waals surface area contributed by atoms with E-state index in [0.717, 1.165) is 48.3 Å². The van der Waals surface area contributed by atoms with Gasteiger partial charge in [0.15, 0.2) is 0 Å². The average molecular weight is 423 g/mol. The van der Waals surface area contributed by atoms with Gasteiger partial charge in [-0.15, -0.1) is 11.6 Å². The van der Waals surface area contributed by atoms with Crippen LogP contribution in [0.2, 0.25) is 0 Å². The first-order valence-corrected chi connectivity index (χ1v) is 13.4. The van der Waals surface area contributed by atoms with Crippen LogP contribution in [0.1, 0.15) is 105 Å². The molecule has 0 saturated heterocycles. The molecule has 4 aliphatic carbocycles. The van der Waals surface area contributed by atoms with Crippen LogP contribution in [0.3, 0.4) is 0 Å². The summed E-state index contributed by atoms with van der Waals surface area (Å²) in [6.07, 6.45) is 14.3. The van der Waals surface area contributed by atoms with Crippen LogP contribution in [0.25, 0.3) is 0 Å². The Bertz CT molecular complexity index is 575. The lowest BCUT2D eigenvalue weighted by Gasteiger charge is -2.62. The topological polar surface area (TPSA) is 20.2 Å². The van der Waals surface area contributed by atoms with E-state index in [1.165, 1.54) is 57.8 Å². The second-order valence-corrected chi connectivity index (χ2v) is 13.2. The van der Waals surface area contributed by atoms with Crippen molar-refractivity contribution in [1.82, 2.24) is 0 Å².